The third kappa shape index (κ3) is 2.14. The largest absolute Gasteiger partial charge is 0.328 e. The molecular formula is C9H8ClNO. The van der Waals surface area contributed by atoms with Crippen molar-refractivity contribution in [2.24, 2.45) is 0 Å². The molecule has 0 amide bonds. The lowest BCUT2D eigenvalue weighted by Crippen LogP contribution is -2.09. The number of alkyl halides is 1. The smallest absolute Gasteiger partial charge is 0.263 e. The molecule has 1 aromatic heterocycles. The van der Waals surface area contributed by atoms with E-state index in [0.29, 0.717) is 5.56 Å². The van der Waals surface area contributed by atoms with Crippen molar-refractivity contribution >= 4 is 11.6 Å². The van der Waals surface area contributed by atoms with Crippen LogP contribution in [0.1, 0.15) is 11.1 Å². The highest BCUT2D eigenvalue weighted by molar-refractivity contribution is 6.19. The Bertz CT molecular complexity index is 383. The fourth-order valence-electron chi connectivity index (χ4n) is 0.814. The third-order valence-electron chi connectivity index (χ3n) is 1.34. The van der Waals surface area contributed by atoms with Gasteiger partial charge in [-0.1, -0.05) is 11.8 Å². The first-order valence-electron chi connectivity index (χ1n) is 3.48. The zero-order valence-electron chi connectivity index (χ0n) is 6.65. The predicted octanol–water partition coefficient (Wildman–Crippen LogP) is 1.27. The van der Waals surface area contributed by atoms with E-state index >= 15 is 0 Å². The molecule has 12 heavy (non-hydrogen) atoms. The zero-order valence-corrected chi connectivity index (χ0v) is 7.40. The first kappa shape index (κ1) is 8.89. The van der Waals surface area contributed by atoms with E-state index in [1.807, 2.05) is 6.92 Å². The second-order valence-corrected chi connectivity index (χ2v) is 2.62. The summed E-state index contributed by atoms with van der Waals surface area (Å²) in [5.74, 6) is 5.55. The number of aryl methyl sites for hydroxylation is 1. The van der Waals surface area contributed by atoms with Crippen LogP contribution in [0.3, 0.4) is 0 Å². The van der Waals surface area contributed by atoms with Crippen LogP contribution in [0, 0.1) is 18.8 Å². The van der Waals surface area contributed by atoms with Gasteiger partial charge < -0.3 is 4.98 Å². The number of aromatic amines is 1. The summed E-state index contributed by atoms with van der Waals surface area (Å²) in [5.41, 5.74) is 1.28. The zero-order chi connectivity index (χ0) is 8.97. The van der Waals surface area contributed by atoms with Gasteiger partial charge in [0.2, 0.25) is 0 Å². The molecule has 1 heterocycles. The number of pyridine rings is 1. The maximum absolute atomic E-state index is 11.1. The van der Waals surface area contributed by atoms with Crippen LogP contribution < -0.4 is 5.56 Å². The number of hydrogen-bond donors (Lipinski definition) is 1. The van der Waals surface area contributed by atoms with E-state index in [4.69, 9.17) is 11.6 Å². The topological polar surface area (TPSA) is 32.9 Å². The van der Waals surface area contributed by atoms with E-state index < -0.39 is 0 Å². The quantitative estimate of drug-likeness (QED) is 0.475. The summed E-state index contributed by atoms with van der Waals surface area (Å²) in [6.07, 6.45) is 1.65. The van der Waals surface area contributed by atoms with E-state index in [-0.39, 0.29) is 11.4 Å². The number of aromatic nitrogens is 1. The van der Waals surface area contributed by atoms with E-state index in [0.717, 1.165) is 5.56 Å². The summed E-state index contributed by atoms with van der Waals surface area (Å²) < 4.78 is 0. The lowest BCUT2D eigenvalue weighted by Gasteiger charge is -1.91. The average molecular weight is 182 g/mol. The first-order valence-corrected chi connectivity index (χ1v) is 4.01. The molecule has 2 nitrogen and oxygen atoms in total. The molecular weight excluding hydrogens is 174 g/mol. The molecule has 0 bridgehead atoms. The van der Waals surface area contributed by atoms with Crippen molar-refractivity contribution in [1.82, 2.24) is 4.98 Å². The molecule has 0 fully saturated rings. The van der Waals surface area contributed by atoms with Crippen molar-refractivity contribution in [3.05, 3.63) is 33.7 Å². The molecule has 0 aliphatic heterocycles. The Hall–Kier alpha value is -1.20. The molecule has 0 saturated carbocycles. The summed E-state index contributed by atoms with van der Waals surface area (Å²) in [4.78, 5) is 13.7. The summed E-state index contributed by atoms with van der Waals surface area (Å²) in [6, 6.07) is 1.73. The van der Waals surface area contributed by atoms with Gasteiger partial charge >= 0.3 is 0 Å². The molecule has 0 unspecified atom stereocenters. The van der Waals surface area contributed by atoms with Crippen molar-refractivity contribution in [2.75, 3.05) is 5.88 Å². The van der Waals surface area contributed by atoms with Gasteiger partial charge in [-0.25, -0.2) is 0 Å². The van der Waals surface area contributed by atoms with Crippen molar-refractivity contribution in [1.29, 1.82) is 0 Å². The molecule has 0 atom stereocenters. The molecule has 0 saturated heterocycles. The number of halogens is 1. The van der Waals surface area contributed by atoms with E-state index in [9.17, 15) is 4.79 Å². The van der Waals surface area contributed by atoms with Gasteiger partial charge in [-0.2, -0.15) is 0 Å². The van der Waals surface area contributed by atoms with Gasteiger partial charge in [-0.3, -0.25) is 4.79 Å². The van der Waals surface area contributed by atoms with Gasteiger partial charge in [0.05, 0.1) is 11.4 Å². The van der Waals surface area contributed by atoms with Crippen molar-refractivity contribution in [3.8, 4) is 11.8 Å². The van der Waals surface area contributed by atoms with E-state index in [1.165, 1.54) is 0 Å². The highest BCUT2D eigenvalue weighted by atomic mass is 35.5. The summed E-state index contributed by atoms with van der Waals surface area (Å²) in [7, 11) is 0. The molecule has 0 aliphatic carbocycles. The molecule has 0 aromatic carbocycles. The lowest BCUT2D eigenvalue weighted by molar-refractivity contribution is 1.18. The van der Waals surface area contributed by atoms with Crippen molar-refractivity contribution in [3.63, 3.8) is 0 Å². The second kappa shape index (κ2) is 3.99. The Morgan fingerprint density at radius 2 is 2.42 bits per heavy atom. The molecule has 0 radical (unpaired) electrons. The Balaban J connectivity index is 3.14. The van der Waals surface area contributed by atoms with Gasteiger partial charge in [0.15, 0.2) is 0 Å². The number of nitrogens with one attached hydrogen (secondary N) is 1. The van der Waals surface area contributed by atoms with Crippen LogP contribution in [-0.2, 0) is 0 Å². The van der Waals surface area contributed by atoms with Gasteiger partial charge in [-0.05, 0) is 18.6 Å². The first-order chi connectivity index (χ1) is 5.74. The van der Waals surface area contributed by atoms with Crippen LogP contribution in [0.4, 0.5) is 0 Å². The number of rotatable bonds is 0. The summed E-state index contributed by atoms with van der Waals surface area (Å²) in [5, 5.41) is 0. The Kier molecular flexibility index (Phi) is 2.95. The molecule has 1 N–H and O–H groups in total. The predicted molar refractivity (Wildman–Crippen MR) is 49.4 cm³/mol. The standard InChI is InChI=1S/C9H8ClNO/c1-7-5-8(3-2-4-10)9(12)11-6-7/h5-6H,4H2,1H3,(H,11,12). The molecule has 1 aromatic rings. The monoisotopic (exact) mass is 181 g/mol. The highest BCUT2D eigenvalue weighted by Gasteiger charge is 1.93. The number of H-pyrrole nitrogens is 1. The third-order valence-corrected chi connectivity index (χ3v) is 1.47. The van der Waals surface area contributed by atoms with Gasteiger partial charge in [-0.15, -0.1) is 11.6 Å². The molecule has 0 aliphatic rings. The van der Waals surface area contributed by atoms with Gasteiger partial charge in [0.25, 0.3) is 5.56 Å². The maximum Gasteiger partial charge on any atom is 0.263 e. The SMILES string of the molecule is Cc1c[nH]c(=O)c(C#CCCl)c1. The summed E-state index contributed by atoms with van der Waals surface area (Å²) in [6.45, 7) is 1.89. The highest BCUT2D eigenvalue weighted by Crippen LogP contribution is 1.93. The minimum absolute atomic E-state index is 0.168. The van der Waals surface area contributed by atoms with E-state index in [1.54, 1.807) is 12.3 Å². The molecule has 3 heteroatoms. The van der Waals surface area contributed by atoms with Crippen LogP contribution >= 0.6 is 11.6 Å². The minimum atomic E-state index is -0.168. The normalized spacial score (nSPS) is 8.83. The van der Waals surface area contributed by atoms with Crippen LogP contribution in [0.5, 0.6) is 0 Å². The lowest BCUT2D eigenvalue weighted by atomic mass is 10.2. The fourth-order valence-corrected chi connectivity index (χ4v) is 0.880. The van der Waals surface area contributed by atoms with Gasteiger partial charge in [0.1, 0.15) is 0 Å². The minimum Gasteiger partial charge on any atom is -0.328 e. The van der Waals surface area contributed by atoms with Crippen LogP contribution in [0.25, 0.3) is 0 Å². The molecule has 0 spiro atoms. The maximum atomic E-state index is 11.1. The van der Waals surface area contributed by atoms with E-state index in [2.05, 4.69) is 16.8 Å². The number of hydrogen-bond acceptors (Lipinski definition) is 1. The Morgan fingerprint density at radius 3 is 3.08 bits per heavy atom. The molecule has 62 valence electrons. The second-order valence-electron chi connectivity index (χ2n) is 2.36. The van der Waals surface area contributed by atoms with Crippen molar-refractivity contribution in [2.45, 2.75) is 6.92 Å². The van der Waals surface area contributed by atoms with Gasteiger partial charge in [0, 0.05) is 6.20 Å². The van der Waals surface area contributed by atoms with Crippen LogP contribution in [0.2, 0.25) is 0 Å². The van der Waals surface area contributed by atoms with Crippen LogP contribution in [-0.4, -0.2) is 10.9 Å². The molecule has 1 rings (SSSR count). The Morgan fingerprint density at radius 1 is 1.67 bits per heavy atom. The summed E-state index contributed by atoms with van der Waals surface area (Å²) >= 11 is 5.36. The average Bonchev–Trinajstić information content (AvgIpc) is 2.07. The fraction of sp³-hybridized carbons (Fsp3) is 0.222. The van der Waals surface area contributed by atoms with Crippen LogP contribution in [0.15, 0.2) is 17.1 Å². The Labute approximate surface area is 75.6 Å². The van der Waals surface area contributed by atoms with Crippen molar-refractivity contribution < 1.29 is 0 Å².